The van der Waals surface area contributed by atoms with Crippen molar-refractivity contribution in [1.82, 2.24) is 4.72 Å². The molecule has 0 atom stereocenters. The maximum absolute atomic E-state index is 12.3. The summed E-state index contributed by atoms with van der Waals surface area (Å²) in [6.07, 6.45) is 0. The largest absolute Gasteiger partial charge is 0.497 e. The van der Waals surface area contributed by atoms with Gasteiger partial charge in [-0.15, -0.1) is 0 Å². The molecule has 2 aromatic rings. The normalized spacial score (nSPS) is 11.4. The van der Waals surface area contributed by atoms with Crippen LogP contribution in [0.1, 0.15) is 16.7 Å². The first-order chi connectivity index (χ1) is 9.92. The van der Waals surface area contributed by atoms with Gasteiger partial charge in [0.25, 0.3) is 0 Å². The second kappa shape index (κ2) is 6.28. The Morgan fingerprint density at radius 3 is 2.24 bits per heavy atom. The Bertz CT molecular complexity index is 722. The maximum atomic E-state index is 12.3. The number of rotatable bonds is 5. The van der Waals surface area contributed by atoms with Crippen molar-refractivity contribution in [2.24, 2.45) is 0 Å². The zero-order chi connectivity index (χ0) is 15.5. The van der Waals surface area contributed by atoms with E-state index in [1.54, 1.807) is 31.4 Å². The van der Waals surface area contributed by atoms with E-state index in [0.717, 1.165) is 22.4 Å². The van der Waals surface area contributed by atoms with Crippen LogP contribution >= 0.6 is 0 Å². The first kappa shape index (κ1) is 15.5. The van der Waals surface area contributed by atoms with Gasteiger partial charge < -0.3 is 4.74 Å². The number of hydrogen-bond donors (Lipinski definition) is 1. The van der Waals surface area contributed by atoms with Gasteiger partial charge in [-0.1, -0.05) is 18.2 Å². The number of methoxy groups -OCH3 is 1. The summed E-state index contributed by atoms with van der Waals surface area (Å²) in [5.74, 6) is 0.746. The molecule has 0 fully saturated rings. The SMILES string of the molecule is COc1ccc(CNS(=O)(=O)c2ccc(C)c(C)c2)cc1. The third kappa shape index (κ3) is 3.83. The fraction of sp³-hybridized carbons (Fsp3) is 0.250. The van der Waals surface area contributed by atoms with E-state index in [9.17, 15) is 8.42 Å². The summed E-state index contributed by atoms with van der Waals surface area (Å²) in [4.78, 5) is 0.291. The Labute approximate surface area is 125 Å². The van der Waals surface area contributed by atoms with Crippen molar-refractivity contribution >= 4 is 10.0 Å². The molecule has 0 radical (unpaired) electrons. The smallest absolute Gasteiger partial charge is 0.240 e. The van der Waals surface area contributed by atoms with Crippen molar-refractivity contribution in [3.63, 3.8) is 0 Å². The zero-order valence-electron chi connectivity index (χ0n) is 12.4. The van der Waals surface area contributed by atoms with Gasteiger partial charge in [0.15, 0.2) is 0 Å². The molecule has 21 heavy (non-hydrogen) atoms. The van der Waals surface area contributed by atoms with Gasteiger partial charge in [0.05, 0.1) is 12.0 Å². The molecule has 1 N–H and O–H groups in total. The van der Waals surface area contributed by atoms with E-state index in [2.05, 4.69) is 4.72 Å². The molecule has 0 amide bonds. The van der Waals surface area contributed by atoms with Gasteiger partial charge in [-0.25, -0.2) is 13.1 Å². The number of benzene rings is 2. The van der Waals surface area contributed by atoms with Crippen molar-refractivity contribution in [2.45, 2.75) is 25.3 Å². The molecule has 112 valence electrons. The van der Waals surface area contributed by atoms with Crippen molar-refractivity contribution < 1.29 is 13.2 Å². The lowest BCUT2D eigenvalue weighted by Gasteiger charge is -2.09. The van der Waals surface area contributed by atoms with E-state index in [4.69, 9.17) is 4.74 Å². The van der Waals surface area contributed by atoms with E-state index >= 15 is 0 Å². The van der Waals surface area contributed by atoms with Gasteiger partial charge in [0.2, 0.25) is 10.0 Å². The van der Waals surface area contributed by atoms with E-state index in [1.807, 2.05) is 32.0 Å². The second-order valence-electron chi connectivity index (χ2n) is 4.92. The molecule has 0 aliphatic heterocycles. The van der Waals surface area contributed by atoms with Crippen LogP contribution in [-0.4, -0.2) is 15.5 Å². The second-order valence-corrected chi connectivity index (χ2v) is 6.69. The molecule has 0 aliphatic rings. The van der Waals surface area contributed by atoms with Crippen LogP contribution in [0, 0.1) is 13.8 Å². The van der Waals surface area contributed by atoms with Crippen LogP contribution in [0.25, 0.3) is 0 Å². The van der Waals surface area contributed by atoms with Gasteiger partial charge >= 0.3 is 0 Å². The van der Waals surface area contributed by atoms with Gasteiger partial charge in [-0.05, 0) is 54.8 Å². The predicted molar refractivity (Wildman–Crippen MR) is 82.9 cm³/mol. The van der Waals surface area contributed by atoms with E-state index in [-0.39, 0.29) is 6.54 Å². The molecule has 0 unspecified atom stereocenters. The first-order valence-electron chi connectivity index (χ1n) is 6.62. The minimum atomic E-state index is -3.49. The van der Waals surface area contributed by atoms with Crippen LogP contribution in [0.15, 0.2) is 47.4 Å². The molecule has 2 rings (SSSR count). The van der Waals surface area contributed by atoms with Crippen LogP contribution in [-0.2, 0) is 16.6 Å². The number of nitrogens with one attached hydrogen (secondary N) is 1. The highest BCUT2D eigenvalue weighted by atomic mass is 32.2. The number of sulfonamides is 1. The fourth-order valence-electron chi connectivity index (χ4n) is 1.89. The van der Waals surface area contributed by atoms with Crippen molar-refractivity contribution in [3.05, 3.63) is 59.2 Å². The molecule has 0 aliphatic carbocycles. The molecule has 0 saturated heterocycles. The lowest BCUT2D eigenvalue weighted by atomic mass is 10.1. The molecule has 0 spiro atoms. The number of hydrogen-bond acceptors (Lipinski definition) is 3. The average molecular weight is 305 g/mol. The predicted octanol–water partition coefficient (Wildman–Crippen LogP) is 2.79. The first-order valence-corrected chi connectivity index (χ1v) is 8.10. The fourth-order valence-corrected chi connectivity index (χ4v) is 2.99. The van der Waals surface area contributed by atoms with Crippen molar-refractivity contribution in [3.8, 4) is 5.75 Å². The Morgan fingerprint density at radius 2 is 1.67 bits per heavy atom. The topological polar surface area (TPSA) is 55.4 Å². The quantitative estimate of drug-likeness (QED) is 0.924. The third-order valence-corrected chi connectivity index (χ3v) is 4.81. The highest BCUT2D eigenvalue weighted by Crippen LogP contribution is 2.16. The Balaban J connectivity index is 2.11. The van der Waals surface area contributed by atoms with Gasteiger partial charge in [-0.2, -0.15) is 0 Å². The monoisotopic (exact) mass is 305 g/mol. The van der Waals surface area contributed by atoms with E-state index < -0.39 is 10.0 Å². The Hall–Kier alpha value is -1.85. The molecule has 2 aromatic carbocycles. The molecule has 0 saturated carbocycles. The number of ether oxygens (including phenoxy) is 1. The highest BCUT2D eigenvalue weighted by molar-refractivity contribution is 7.89. The summed E-state index contributed by atoms with van der Waals surface area (Å²) in [5, 5.41) is 0. The van der Waals surface area contributed by atoms with Crippen LogP contribution in [0.2, 0.25) is 0 Å². The maximum Gasteiger partial charge on any atom is 0.240 e. The van der Waals surface area contributed by atoms with E-state index in [1.165, 1.54) is 0 Å². The summed E-state index contributed by atoms with van der Waals surface area (Å²) in [6.45, 7) is 4.10. The van der Waals surface area contributed by atoms with Gasteiger partial charge in [0.1, 0.15) is 5.75 Å². The third-order valence-electron chi connectivity index (χ3n) is 3.41. The Morgan fingerprint density at radius 1 is 1.00 bits per heavy atom. The van der Waals surface area contributed by atoms with Crippen LogP contribution in [0.3, 0.4) is 0 Å². The van der Waals surface area contributed by atoms with Gasteiger partial charge in [0, 0.05) is 6.54 Å². The molecule has 0 aromatic heterocycles. The molecule has 0 bridgehead atoms. The summed E-state index contributed by atoms with van der Waals surface area (Å²) >= 11 is 0. The molecule has 5 heteroatoms. The minimum Gasteiger partial charge on any atom is -0.497 e. The number of aryl methyl sites for hydroxylation is 2. The van der Waals surface area contributed by atoms with Crippen molar-refractivity contribution in [1.29, 1.82) is 0 Å². The van der Waals surface area contributed by atoms with Crippen molar-refractivity contribution in [2.75, 3.05) is 7.11 Å². The molecule has 4 nitrogen and oxygen atoms in total. The highest BCUT2D eigenvalue weighted by Gasteiger charge is 2.14. The summed E-state index contributed by atoms with van der Waals surface area (Å²) in [5.41, 5.74) is 2.91. The summed E-state index contributed by atoms with van der Waals surface area (Å²) in [7, 11) is -1.90. The standard InChI is InChI=1S/C16H19NO3S/c1-12-4-9-16(10-13(12)2)21(18,19)17-11-14-5-7-15(20-3)8-6-14/h4-10,17H,11H2,1-3H3. The Kier molecular flexibility index (Phi) is 4.65. The minimum absolute atomic E-state index is 0.249. The lowest BCUT2D eigenvalue weighted by Crippen LogP contribution is -2.23. The molecule has 0 heterocycles. The van der Waals surface area contributed by atoms with E-state index in [0.29, 0.717) is 4.90 Å². The summed E-state index contributed by atoms with van der Waals surface area (Å²) < 4.78 is 32.2. The van der Waals surface area contributed by atoms with Crippen LogP contribution in [0.4, 0.5) is 0 Å². The van der Waals surface area contributed by atoms with Crippen LogP contribution < -0.4 is 9.46 Å². The zero-order valence-corrected chi connectivity index (χ0v) is 13.2. The lowest BCUT2D eigenvalue weighted by molar-refractivity contribution is 0.414. The average Bonchev–Trinajstić information content (AvgIpc) is 2.48. The molecular weight excluding hydrogens is 286 g/mol. The van der Waals surface area contributed by atoms with Crippen LogP contribution in [0.5, 0.6) is 5.75 Å². The summed E-state index contributed by atoms with van der Waals surface area (Å²) in [6, 6.07) is 12.4. The van der Waals surface area contributed by atoms with Gasteiger partial charge in [-0.3, -0.25) is 0 Å². The molecular formula is C16H19NO3S.